The van der Waals surface area contributed by atoms with Crippen LogP contribution in [0.4, 0.5) is 5.82 Å². The number of hydrogen-bond donors (Lipinski definition) is 1. The van der Waals surface area contributed by atoms with Gasteiger partial charge in [-0.1, -0.05) is 6.07 Å². The summed E-state index contributed by atoms with van der Waals surface area (Å²) in [6.07, 6.45) is 4.73. The molecule has 0 spiro atoms. The maximum atomic E-state index is 12.2. The molecule has 2 aromatic heterocycles. The van der Waals surface area contributed by atoms with Crippen molar-refractivity contribution < 1.29 is 4.79 Å². The minimum Gasteiger partial charge on any atom is -0.357 e. The van der Waals surface area contributed by atoms with E-state index in [-0.39, 0.29) is 5.91 Å². The highest BCUT2D eigenvalue weighted by molar-refractivity contribution is 5.79. The lowest BCUT2D eigenvalue weighted by Crippen LogP contribution is -2.32. The molecule has 7 nitrogen and oxygen atoms in total. The number of carbonyl (C=O) groups excluding carboxylic acids is 1. The standard InChI is InChI=1S/C15H22N6O/c1-4-20(5-2)14-13(7-6-8-17-14)9-18-15(22)12(3)21-11-16-10-19-21/h6-8,10-12H,4-5,9H2,1-3H3,(H,18,22). The second kappa shape index (κ2) is 7.53. The largest absolute Gasteiger partial charge is 0.357 e. The molecule has 1 amide bonds. The maximum Gasteiger partial charge on any atom is 0.244 e. The highest BCUT2D eigenvalue weighted by Crippen LogP contribution is 2.16. The first-order valence-corrected chi connectivity index (χ1v) is 7.48. The molecule has 1 atom stereocenters. The first kappa shape index (κ1) is 15.9. The zero-order valence-electron chi connectivity index (χ0n) is 13.2. The smallest absolute Gasteiger partial charge is 0.244 e. The Kier molecular flexibility index (Phi) is 5.46. The van der Waals surface area contributed by atoms with E-state index < -0.39 is 6.04 Å². The summed E-state index contributed by atoms with van der Waals surface area (Å²) in [4.78, 5) is 22.7. The number of carbonyl (C=O) groups is 1. The molecule has 0 saturated carbocycles. The van der Waals surface area contributed by atoms with Crippen molar-refractivity contribution in [3.05, 3.63) is 36.5 Å². The maximum absolute atomic E-state index is 12.2. The van der Waals surface area contributed by atoms with Crippen molar-refractivity contribution in [1.82, 2.24) is 25.1 Å². The molecule has 0 aliphatic heterocycles. The minimum absolute atomic E-state index is 0.0974. The number of rotatable bonds is 7. The average Bonchev–Trinajstić information content (AvgIpc) is 3.08. The van der Waals surface area contributed by atoms with Crippen LogP contribution in [0.5, 0.6) is 0 Å². The highest BCUT2D eigenvalue weighted by atomic mass is 16.2. The summed E-state index contributed by atoms with van der Waals surface area (Å²) in [5, 5.41) is 6.92. The molecule has 2 aromatic rings. The second-order valence-electron chi connectivity index (χ2n) is 4.93. The quantitative estimate of drug-likeness (QED) is 0.836. The van der Waals surface area contributed by atoms with Gasteiger partial charge in [-0.25, -0.2) is 14.6 Å². The molecule has 1 unspecified atom stereocenters. The van der Waals surface area contributed by atoms with Gasteiger partial charge < -0.3 is 10.2 Å². The monoisotopic (exact) mass is 302 g/mol. The Morgan fingerprint density at radius 1 is 1.41 bits per heavy atom. The second-order valence-corrected chi connectivity index (χ2v) is 4.93. The lowest BCUT2D eigenvalue weighted by Gasteiger charge is -2.23. The van der Waals surface area contributed by atoms with E-state index >= 15 is 0 Å². The van der Waals surface area contributed by atoms with Gasteiger partial charge in [-0.15, -0.1) is 0 Å². The van der Waals surface area contributed by atoms with Crippen LogP contribution < -0.4 is 10.2 Å². The summed E-state index contributed by atoms with van der Waals surface area (Å²) in [7, 11) is 0. The number of nitrogens with one attached hydrogen (secondary N) is 1. The van der Waals surface area contributed by atoms with E-state index in [1.807, 2.05) is 12.1 Å². The fourth-order valence-electron chi connectivity index (χ4n) is 2.24. The molecule has 2 rings (SSSR count). The Labute approximate surface area is 130 Å². The van der Waals surface area contributed by atoms with Gasteiger partial charge in [0.25, 0.3) is 0 Å². The molecule has 0 aliphatic rings. The molecule has 0 fully saturated rings. The molecular weight excluding hydrogens is 280 g/mol. The summed E-state index contributed by atoms with van der Waals surface area (Å²) in [6, 6.07) is 3.48. The van der Waals surface area contributed by atoms with E-state index in [1.165, 1.54) is 17.3 Å². The van der Waals surface area contributed by atoms with Gasteiger partial charge in [0.15, 0.2) is 0 Å². The third-order valence-corrected chi connectivity index (χ3v) is 3.60. The Morgan fingerprint density at radius 3 is 2.82 bits per heavy atom. The van der Waals surface area contributed by atoms with Crippen molar-refractivity contribution in [3.8, 4) is 0 Å². The molecule has 118 valence electrons. The molecule has 1 N–H and O–H groups in total. The van der Waals surface area contributed by atoms with E-state index in [0.29, 0.717) is 6.54 Å². The molecule has 22 heavy (non-hydrogen) atoms. The molecule has 7 heteroatoms. The fourth-order valence-corrected chi connectivity index (χ4v) is 2.24. The van der Waals surface area contributed by atoms with Crippen molar-refractivity contribution in [2.75, 3.05) is 18.0 Å². The van der Waals surface area contributed by atoms with Gasteiger partial charge in [0, 0.05) is 31.4 Å². The zero-order valence-corrected chi connectivity index (χ0v) is 13.2. The molecule has 0 bridgehead atoms. The summed E-state index contributed by atoms with van der Waals surface area (Å²) < 4.78 is 1.53. The molecule has 0 aliphatic carbocycles. The Balaban J connectivity index is 2.04. The van der Waals surface area contributed by atoms with Crippen molar-refractivity contribution >= 4 is 11.7 Å². The van der Waals surface area contributed by atoms with Crippen LogP contribution >= 0.6 is 0 Å². The van der Waals surface area contributed by atoms with Gasteiger partial charge >= 0.3 is 0 Å². The van der Waals surface area contributed by atoms with Gasteiger partial charge in [0.05, 0.1) is 0 Å². The predicted molar refractivity (Wildman–Crippen MR) is 84.4 cm³/mol. The van der Waals surface area contributed by atoms with Crippen LogP contribution in [0.3, 0.4) is 0 Å². The van der Waals surface area contributed by atoms with Crippen molar-refractivity contribution in [2.24, 2.45) is 0 Å². The molecule has 0 saturated heterocycles. The van der Waals surface area contributed by atoms with Crippen molar-refractivity contribution in [1.29, 1.82) is 0 Å². The lowest BCUT2D eigenvalue weighted by atomic mass is 10.2. The van der Waals surface area contributed by atoms with E-state index in [0.717, 1.165) is 24.5 Å². The Bertz CT molecular complexity index is 594. The number of hydrogen-bond acceptors (Lipinski definition) is 5. The van der Waals surface area contributed by atoms with E-state index in [1.54, 1.807) is 13.1 Å². The van der Waals surface area contributed by atoms with Crippen molar-refractivity contribution in [2.45, 2.75) is 33.4 Å². The molecular formula is C15H22N6O. The topological polar surface area (TPSA) is 75.9 Å². The van der Waals surface area contributed by atoms with Crippen LogP contribution in [0.1, 0.15) is 32.4 Å². The number of nitrogens with zero attached hydrogens (tertiary/aromatic N) is 5. The van der Waals surface area contributed by atoms with Crippen molar-refractivity contribution in [3.63, 3.8) is 0 Å². The summed E-state index contributed by atoms with van der Waals surface area (Å²) >= 11 is 0. The normalized spacial score (nSPS) is 12.0. The Hall–Kier alpha value is -2.44. The van der Waals surface area contributed by atoms with Gasteiger partial charge in [0.2, 0.25) is 5.91 Å². The number of aromatic nitrogens is 4. The first-order valence-electron chi connectivity index (χ1n) is 7.48. The van der Waals surface area contributed by atoms with E-state index in [4.69, 9.17) is 0 Å². The van der Waals surface area contributed by atoms with E-state index in [9.17, 15) is 4.79 Å². The van der Waals surface area contributed by atoms with Gasteiger partial charge in [-0.05, 0) is 26.8 Å². The molecule has 2 heterocycles. The van der Waals surface area contributed by atoms with Crippen LogP contribution in [0.15, 0.2) is 31.0 Å². The minimum atomic E-state index is -0.393. The number of anilines is 1. The SMILES string of the molecule is CCN(CC)c1ncccc1CNC(=O)C(C)n1cncn1. The highest BCUT2D eigenvalue weighted by Gasteiger charge is 2.16. The van der Waals surface area contributed by atoms with Gasteiger partial charge in [-0.2, -0.15) is 5.10 Å². The van der Waals surface area contributed by atoms with Crippen LogP contribution in [0.25, 0.3) is 0 Å². The predicted octanol–water partition coefficient (Wildman–Crippen LogP) is 1.40. The van der Waals surface area contributed by atoms with Crippen LogP contribution in [-0.4, -0.2) is 38.7 Å². The third kappa shape index (κ3) is 3.60. The third-order valence-electron chi connectivity index (χ3n) is 3.60. The lowest BCUT2D eigenvalue weighted by molar-refractivity contribution is -0.124. The molecule has 0 aromatic carbocycles. The van der Waals surface area contributed by atoms with Gasteiger partial charge in [-0.3, -0.25) is 4.79 Å². The molecule has 0 radical (unpaired) electrons. The fraction of sp³-hybridized carbons (Fsp3) is 0.467. The Morgan fingerprint density at radius 2 is 2.18 bits per heavy atom. The van der Waals surface area contributed by atoms with Crippen LogP contribution in [-0.2, 0) is 11.3 Å². The van der Waals surface area contributed by atoms with E-state index in [2.05, 4.69) is 39.1 Å². The van der Waals surface area contributed by atoms with Crippen LogP contribution in [0.2, 0.25) is 0 Å². The first-order chi connectivity index (χ1) is 10.7. The van der Waals surface area contributed by atoms with Gasteiger partial charge in [0.1, 0.15) is 24.5 Å². The zero-order chi connectivity index (χ0) is 15.9. The number of amides is 1. The van der Waals surface area contributed by atoms with Crippen LogP contribution in [0, 0.1) is 0 Å². The average molecular weight is 302 g/mol. The summed E-state index contributed by atoms with van der Waals surface area (Å²) in [6.45, 7) is 8.17. The number of pyridine rings is 1. The summed E-state index contributed by atoms with van der Waals surface area (Å²) in [5.41, 5.74) is 1.00. The summed E-state index contributed by atoms with van der Waals surface area (Å²) in [5.74, 6) is 0.820.